The molecule has 0 fully saturated rings. The molecule has 0 aliphatic carbocycles. The number of carbonyl (C=O) groups is 1. The van der Waals surface area contributed by atoms with E-state index in [0.717, 1.165) is 29.0 Å². The van der Waals surface area contributed by atoms with Crippen LogP contribution in [0.15, 0.2) is 51.7 Å². The molecule has 2 aromatic carbocycles. The summed E-state index contributed by atoms with van der Waals surface area (Å²) < 4.78 is 17.2. The second-order valence-electron chi connectivity index (χ2n) is 7.45. The number of aliphatic hydroxyl groups excluding tert-OH is 1. The van der Waals surface area contributed by atoms with Crippen LogP contribution in [0.1, 0.15) is 24.2 Å². The molecule has 0 amide bonds. The lowest BCUT2D eigenvalue weighted by Gasteiger charge is -2.21. The maximum Gasteiger partial charge on any atom is 0.347 e. The number of hydrogen-bond acceptors (Lipinski definition) is 9. The van der Waals surface area contributed by atoms with Crippen molar-refractivity contribution < 1.29 is 23.8 Å². The highest BCUT2D eigenvalue weighted by Crippen LogP contribution is 2.34. The van der Waals surface area contributed by atoms with E-state index >= 15 is 0 Å². The maximum atomic E-state index is 13.2. The molecule has 2 heterocycles. The van der Waals surface area contributed by atoms with E-state index < -0.39 is 11.6 Å². The van der Waals surface area contributed by atoms with Crippen molar-refractivity contribution in [3.8, 4) is 10.6 Å². The lowest BCUT2D eigenvalue weighted by molar-refractivity contribution is 0.0260. The first kappa shape index (κ1) is 23.9. The van der Waals surface area contributed by atoms with Crippen molar-refractivity contribution >= 4 is 44.2 Å². The minimum absolute atomic E-state index is 0.0165. The first-order chi connectivity index (χ1) is 16.6. The molecule has 0 saturated heterocycles. The van der Waals surface area contributed by atoms with Crippen LogP contribution in [-0.2, 0) is 9.47 Å². The largest absolute Gasteiger partial charge is 0.460 e. The summed E-state index contributed by atoms with van der Waals surface area (Å²) in [5.41, 5.74) is 1.50. The van der Waals surface area contributed by atoms with Gasteiger partial charge in [-0.15, -0.1) is 11.3 Å². The number of thiazole rings is 1. The zero-order valence-electron chi connectivity index (χ0n) is 19.1. The summed E-state index contributed by atoms with van der Waals surface area (Å²) in [6.45, 7) is 5.82. The van der Waals surface area contributed by atoms with Crippen LogP contribution >= 0.6 is 11.3 Å². The van der Waals surface area contributed by atoms with Crippen molar-refractivity contribution in [3.63, 3.8) is 0 Å². The van der Waals surface area contributed by atoms with Gasteiger partial charge in [0, 0.05) is 30.2 Å². The second kappa shape index (κ2) is 10.8. The highest BCUT2D eigenvalue weighted by molar-refractivity contribution is 7.21. The van der Waals surface area contributed by atoms with Gasteiger partial charge in [0.2, 0.25) is 0 Å². The van der Waals surface area contributed by atoms with E-state index in [2.05, 4.69) is 9.88 Å². The molecule has 34 heavy (non-hydrogen) atoms. The van der Waals surface area contributed by atoms with E-state index in [4.69, 9.17) is 19.0 Å². The topological polar surface area (TPSA) is 102 Å². The Morgan fingerprint density at radius 2 is 1.91 bits per heavy atom. The first-order valence-corrected chi connectivity index (χ1v) is 12.0. The summed E-state index contributed by atoms with van der Waals surface area (Å²) in [6, 6.07) is 13.0. The van der Waals surface area contributed by atoms with E-state index in [9.17, 15) is 9.59 Å². The summed E-state index contributed by atoms with van der Waals surface area (Å²) in [5.74, 6) is -0.657. The molecule has 0 radical (unpaired) electrons. The fourth-order valence-electron chi connectivity index (χ4n) is 3.79. The summed E-state index contributed by atoms with van der Waals surface area (Å²) >= 11 is 1.32. The Morgan fingerprint density at radius 1 is 1.12 bits per heavy atom. The van der Waals surface area contributed by atoms with Gasteiger partial charge in [0.25, 0.3) is 0 Å². The van der Waals surface area contributed by atoms with Crippen LogP contribution in [0.2, 0.25) is 0 Å². The monoisotopic (exact) mass is 482 g/mol. The molecule has 0 bridgehead atoms. The molecule has 1 N–H and O–H groups in total. The van der Waals surface area contributed by atoms with E-state index in [-0.39, 0.29) is 37.6 Å². The second-order valence-corrected chi connectivity index (χ2v) is 8.48. The number of aromatic nitrogens is 1. The van der Waals surface area contributed by atoms with Crippen LogP contribution in [0, 0.1) is 0 Å². The quantitative estimate of drug-likeness (QED) is 0.205. The number of ether oxygens (including phenoxy) is 2. The number of para-hydroxylation sites is 1. The summed E-state index contributed by atoms with van der Waals surface area (Å²) in [5, 5.41) is 9.71. The van der Waals surface area contributed by atoms with Gasteiger partial charge < -0.3 is 23.9 Å². The SMILES string of the molecule is CCN(CC)c1ccc2c(C(=O)OCCOCCO)c(-c3nc4ccccc4s3)c(=O)oc2c1. The zero-order valence-corrected chi connectivity index (χ0v) is 19.9. The molecule has 0 atom stereocenters. The minimum Gasteiger partial charge on any atom is -0.460 e. The third-order valence-electron chi connectivity index (χ3n) is 5.43. The molecule has 178 valence electrons. The lowest BCUT2D eigenvalue weighted by Crippen LogP contribution is -2.22. The zero-order chi connectivity index (χ0) is 24.1. The number of anilines is 1. The fraction of sp³-hybridized carbons (Fsp3) is 0.320. The predicted octanol–water partition coefficient (Wildman–Crippen LogP) is 4.08. The van der Waals surface area contributed by atoms with Crippen LogP contribution in [-0.4, -0.2) is 55.6 Å². The first-order valence-electron chi connectivity index (χ1n) is 11.1. The van der Waals surface area contributed by atoms with Gasteiger partial charge in [0.05, 0.1) is 35.6 Å². The number of hydrogen-bond donors (Lipinski definition) is 1. The molecule has 2 aromatic heterocycles. The van der Waals surface area contributed by atoms with Crippen molar-refractivity contribution in [1.29, 1.82) is 0 Å². The molecule has 0 unspecified atom stereocenters. The molecule has 0 saturated carbocycles. The van der Waals surface area contributed by atoms with E-state index in [1.165, 1.54) is 11.3 Å². The van der Waals surface area contributed by atoms with Crippen molar-refractivity contribution in [2.24, 2.45) is 0 Å². The molecule has 4 rings (SSSR count). The van der Waals surface area contributed by atoms with E-state index in [1.807, 2.05) is 44.2 Å². The van der Waals surface area contributed by atoms with Crippen LogP contribution in [0.25, 0.3) is 31.8 Å². The number of esters is 1. The highest BCUT2D eigenvalue weighted by Gasteiger charge is 2.26. The number of aliphatic hydroxyl groups is 1. The van der Waals surface area contributed by atoms with Crippen LogP contribution in [0.3, 0.4) is 0 Å². The highest BCUT2D eigenvalue weighted by atomic mass is 32.1. The smallest absolute Gasteiger partial charge is 0.347 e. The molecule has 8 nitrogen and oxygen atoms in total. The minimum atomic E-state index is -0.657. The van der Waals surface area contributed by atoms with Gasteiger partial charge in [-0.3, -0.25) is 0 Å². The predicted molar refractivity (Wildman–Crippen MR) is 133 cm³/mol. The molecular weight excluding hydrogens is 456 g/mol. The Balaban J connectivity index is 1.84. The third kappa shape index (κ3) is 4.82. The van der Waals surface area contributed by atoms with E-state index in [0.29, 0.717) is 16.0 Å². The fourth-order valence-corrected chi connectivity index (χ4v) is 4.80. The number of carbonyl (C=O) groups excluding carboxylic acids is 1. The number of rotatable bonds is 10. The van der Waals surface area contributed by atoms with Crippen LogP contribution in [0.4, 0.5) is 5.69 Å². The Kier molecular flexibility index (Phi) is 7.56. The number of fused-ring (bicyclic) bond motifs is 2. The van der Waals surface area contributed by atoms with Gasteiger partial charge in [0.1, 0.15) is 22.8 Å². The van der Waals surface area contributed by atoms with Crippen LogP contribution in [0.5, 0.6) is 0 Å². The van der Waals surface area contributed by atoms with Gasteiger partial charge in [-0.05, 0) is 38.1 Å². The Bertz CT molecular complexity index is 1330. The average molecular weight is 483 g/mol. The molecule has 4 aromatic rings. The van der Waals surface area contributed by atoms with Gasteiger partial charge in [-0.25, -0.2) is 14.6 Å². The van der Waals surface area contributed by atoms with Gasteiger partial charge >= 0.3 is 11.6 Å². The van der Waals surface area contributed by atoms with Crippen molar-refractivity contribution in [3.05, 3.63) is 58.4 Å². The van der Waals surface area contributed by atoms with E-state index in [1.54, 1.807) is 12.1 Å². The average Bonchev–Trinajstić information content (AvgIpc) is 3.27. The van der Waals surface area contributed by atoms with Gasteiger partial charge in [-0.1, -0.05) is 12.1 Å². The molecule has 0 aliphatic heterocycles. The molecule has 9 heteroatoms. The Morgan fingerprint density at radius 3 is 2.65 bits per heavy atom. The van der Waals surface area contributed by atoms with Crippen molar-refractivity contribution in [1.82, 2.24) is 4.98 Å². The van der Waals surface area contributed by atoms with Crippen molar-refractivity contribution in [2.45, 2.75) is 13.8 Å². The third-order valence-corrected chi connectivity index (χ3v) is 6.48. The molecule has 0 aliphatic rings. The van der Waals surface area contributed by atoms with Gasteiger partial charge in [0.15, 0.2) is 0 Å². The van der Waals surface area contributed by atoms with Crippen molar-refractivity contribution in [2.75, 3.05) is 44.4 Å². The van der Waals surface area contributed by atoms with Gasteiger partial charge in [-0.2, -0.15) is 0 Å². The molecular formula is C25H26N2O6S. The Hall–Kier alpha value is -3.27. The normalized spacial score (nSPS) is 11.3. The van der Waals surface area contributed by atoms with Crippen LogP contribution < -0.4 is 10.5 Å². The Labute approximate surface area is 200 Å². The maximum absolute atomic E-state index is 13.2. The number of benzene rings is 2. The summed E-state index contributed by atoms with van der Waals surface area (Å²) in [4.78, 5) is 33.1. The standard InChI is InChI=1S/C25H26N2O6S/c1-3-27(4-2)16-9-10-17-19(15-16)33-25(30)22(21(17)24(29)32-14-13-31-12-11-28)23-26-18-7-5-6-8-20(18)34-23/h5-10,15,28H,3-4,11-14H2,1-2H3. The molecule has 0 spiro atoms. The number of nitrogens with zero attached hydrogens (tertiary/aromatic N) is 2. The lowest BCUT2D eigenvalue weighted by atomic mass is 10.0. The summed E-state index contributed by atoms with van der Waals surface area (Å²) in [6.07, 6.45) is 0. The summed E-state index contributed by atoms with van der Waals surface area (Å²) in [7, 11) is 0.